The standard InChI is InChI=1S/C22H36ClFN2O3/c1-2-13-4-3-5-18(23)17(13)12-29-21-19(24)10-15-11-26(7-6-20(15)25-21)16-8-14(9-16)22(27)28/h13-21,25H,2-12H2,1H3,(H,27,28). The molecule has 0 spiro atoms. The van der Waals surface area contributed by atoms with Gasteiger partial charge >= 0.3 is 5.97 Å². The Labute approximate surface area is 178 Å². The molecule has 166 valence electrons. The van der Waals surface area contributed by atoms with Crippen LogP contribution in [0.2, 0.25) is 0 Å². The number of hydrogen-bond acceptors (Lipinski definition) is 4. The number of fused-ring (bicyclic) bond motifs is 1. The zero-order valence-corrected chi connectivity index (χ0v) is 18.2. The SMILES string of the molecule is CCC1CCCC(Cl)C1COC1NC2CCN(C3CC(C(=O)O)C3)CC2CC1F. The highest BCUT2D eigenvalue weighted by Gasteiger charge is 2.45. The zero-order chi connectivity index (χ0) is 20.5. The van der Waals surface area contributed by atoms with Crippen molar-refractivity contribution in [2.45, 2.75) is 88.2 Å². The molecule has 4 rings (SSSR count). The molecule has 7 unspecified atom stereocenters. The van der Waals surface area contributed by atoms with E-state index in [9.17, 15) is 9.18 Å². The van der Waals surface area contributed by atoms with Gasteiger partial charge in [0, 0.05) is 29.9 Å². The summed E-state index contributed by atoms with van der Waals surface area (Å²) in [5.74, 6) is 0.320. The van der Waals surface area contributed by atoms with Crippen LogP contribution < -0.4 is 5.32 Å². The minimum absolute atomic E-state index is 0.142. The molecule has 0 amide bonds. The number of rotatable bonds is 6. The predicted octanol–water partition coefficient (Wildman–Crippen LogP) is 3.65. The number of ether oxygens (including phenoxy) is 1. The molecule has 7 heteroatoms. The molecular weight excluding hydrogens is 395 g/mol. The third-order valence-electron chi connectivity index (χ3n) is 8.10. The van der Waals surface area contributed by atoms with Crippen molar-refractivity contribution in [1.29, 1.82) is 0 Å². The van der Waals surface area contributed by atoms with Crippen LogP contribution in [-0.2, 0) is 9.53 Å². The predicted molar refractivity (Wildman–Crippen MR) is 111 cm³/mol. The maximum atomic E-state index is 14.9. The van der Waals surface area contributed by atoms with E-state index < -0.39 is 18.4 Å². The monoisotopic (exact) mass is 430 g/mol. The summed E-state index contributed by atoms with van der Waals surface area (Å²) < 4.78 is 21.0. The largest absolute Gasteiger partial charge is 0.481 e. The van der Waals surface area contributed by atoms with E-state index in [1.807, 2.05) is 0 Å². The molecule has 2 heterocycles. The molecular formula is C22H36ClFN2O3. The van der Waals surface area contributed by atoms with Gasteiger partial charge in [-0.25, -0.2) is 4.39 Å². The molecule has 2 aliphatic carbocycles. The fourth-order valence-corrected chi connectivity index (χ4v) is 6.51. The highest BCUT2D eigenvalue weighted by molar-refractivity contribution is 6.20. The van der Waals surface area contributed by atoms with E-state index in [1.54, 1.807) is 0 Å². The number of carbonyl (C=O) groups is 1. The van der Waals surface area contributed by atoms with Crippen molar-refractivity contribution < 1.29 is 19.0 Å². The van der Waals surface area contributed by atoms with Gasteiger partial charge in [-0.3, -0.25) is 15.0 Å². The highest BCUT2D eigenvalue weighted by Crippen LogP contribution is 2.38. The van der Waals surface area contributed by atoms with Gasteiger partial charge in [-0.15, -0.1) is 11.6 Å². The summed E-state index contributed by atoms with van der Waals surface area (Å²) in [7, 11) is 0. The molecule has 0 aromatic heterocycles. The van der Waals surface area contributed by atoms with Gasteiger partial charge in [0.15, 0.2) is 0 Å². The number of hydrogen-bond donors (Lipinski definition) is 2. The van der Waals surface area contributed by atoms with Gasteiger partial charge in [-0.2, -0.15) is 0 Å². The van der Waals surface area contributed by atoms with Crippen molar-refractivity contribution in [3.63, 3.8) is 0 Å². The molecule has 2 N–H and O–H groups in total. The van der Waals surface area contributed by atoms with Gasteiger partial charge in [-0.1, -0.05) is 26.2 Å². The molecule has 2 aliphatic heterocycles. The van der Waals surface area contributed by atoms with Crippen LogP contribution in [0.15, 0.2) is 0 Å². The fourth-order valence-electron chi connectivity index (χ4n) is 6.08. The van der Waals surface area contributed by atoms with E-state index in [0.29, 0.717) is 36.9 Å². The summed E-state index contributed by atoms with van der Waals surface area (Å²) in [6, 6.07) is 0.653. The van der Waals surface area contributed by atoms with Crippen LogP contribution in [0.25, 0.3) is 0 Å². The molecule has 0 bridgehead atoms. The number of nitrogens with zero attached hydrogens (tertiary/aromatic N) is 1. The van der Waals surface area contributed by atoms with Crippen molar-refractivity contribution >= 4 is 17.6 Å². The zero-order valence-electron chi connectivity index (χ0n) is 17.4. The summed E-state index contributed by atoms with van der Waals surface area (Å²) >= 11 is 6.58. The van der Waals surface area contributed by atoms with Gasteiger partial charge in [-0.05, 0) is 50.5 Å². The van der Waals surface area contributed by atoms with Crippen LogP contribution in [0.3, 0.4) is 0 Å². The first-order chi connectivity index (χ1) is 14.0. The van der Waals surface area contributed by atoms with Crippen LogP contribution >= 0.6 is 11.6 Å². The molecule has 4 fully saturated rings. The summed E-state index contributed by atoms with van der Waals surface area (Å²) in [6.07, 6.45) is 6.00. The van der Waals surface area contributed by atoms with E-state index >= 15 is 0 Å². The molecule has 29 heavy (non-hydrogen) atoms. The summed E-state index contributed by atoms with van der Waals surface area (Å²) in [4.78, 5) is 13.4. The summed E-state index contributed by atoms with van der Waals surface area (Å²) in [6.45, 7) is 4.58. The molecule has 5 nitrogen and oxygen atoms in total. The second-order valence-electron chi connectivity index (χ2n) is 9.76. The lowest BCUT2D eigenvalue weighted by molar-refractivity contribution is -0.148. The summed E-state index contributed by atoms with van der Waals surface area (Å²) in [5, 5.41) is 12.7. The number of halogens is 2. The Morgan fingerprint density at radius 1 is 1.28 bits per heavy atom. The maximum absolute atomic E-state index is 14.9. The molecule has 7 atom stereocenters. The quantitative estimate of drug-likeness (QED) is 0.630. The van der Waals surface area contributed by atoms with Gasteiger partial charge in [0.25, 0.3) is 0 Å². The molecule has 2 saturated heterocycles. The van der Waals surface area contributed by atoms with Gasteiger partial charge < -0.3 is 9.84 Å². The third-order valence-corrected chi connectivity index (χ3v) is 8.64. The van der Waals surface area contributed by atoms with Crippen LogP contribution in [0.5, 0.6) is 0 Å². The summed E-state index contributed by atoms with van der Waals surface area (Å²) in [5.41, 5.74) is 0. The van der Waals surface area contributed by atoms with Gasteiger partial charge in [0.2, 0.25) is 0 Å². The molecule has 0 radical (unpaired) electrons. The Morgan fingerprint density at radius 2 is 2.07 bits per heavy atom. The Morgan fingerprint density at radius 3 is 2.79 bits per heavy atom. The number of piperidine rings is 2. The maximum Gasteiger partial charge on any atom is 0.306 e. The average Bonchev–Trinajstić information content (AvgIpc) is 2.65. The van der Waals surface area contributed by atoms with Crippen molar-refractivity contribution in [1.82, 2.24) is 10.2 Å². The van der Waals surface area contributed by atoms with Crippen LogP contribution in [0.4, 0.5) is 4.39 Å². The molecule has 0 aromatic rings. The lowest BCUT2D eigenvalue weighted by Crippen LogP contribution is -2.62. The highest BCUT2D eigenvalue weighted by atomic mass is 35.5. The first-order valence-corrected chi connectivity index (χ1v) is 12.0. The van der Waals surface area contributed by atoms with Crippen LogP contribution in [0, 0.1) is 23.7 Å². The first-order valence-electron chi connectivity index (χ1n) is 11.6. The van der Waals surface area contributed by atoms with E-state index in [-0.39, 0.29) is 17.2 Å². The Hall–Kier alpha value is -0.430. The van der Waals surface area contributed by atoms with Crippen LogP contribution in [-0.4, -0.2) is 65.5 Å². The Kier molecular flexibility index (Phi) is 7.04. The van der Waals surface area contributed by atoms with E-state index in [1.165, 1.54) is 12.8 Å². The second-order valence-corrected chi connectivity index (χ2v) is 10.3. The molecule has 0 aromatic carbocycles. The number of carboxylic acids is 1. The van der Waals surface area contributed by atoms with Gasteiger partial charge in [0.05, 0.1) is 12.5 Å². The van der Waals surface area contributed by atoms with Crippen molar-refractivity contribution in [3.8, 4) is 0 Å². The number of aliphatic carboxylic acids is 1. The van der Waals surface area contributed by atoms with E-state index in [4.69, 9.17) is 21.4 Å². The van der Waals surface area contributed by atoms with E-state index in [2.05, 4.69) is 17.1 Å². The smallest absolute Gasteiger partial charge is 0.306 e. The van der Waals surface area contributed by atoms with Crippen molar-refractivity contribution in [3.05, 3.63) is 0 Å². The number of carboxylic acid groups (broad SMARTS) is 1. The minimum Gasteiger partial charge on any atom is -0.481 e. The third kappa shape index (κ3) is 4.76. The van der Waals surface area contributed by atoms with Crippen LogP contribution in [0.1, 0.15) is 58.3 Å². The lowest BCUT2D eigenvalue weighted by Gasteiger charge is -2.50. The number of alkyl halides is 2. The molecule has 2 saturated carbocycles. The topological polar surface area (TPSA) is 61.8 Å². The number of nitrogens with one attached hydrogen (secondary N) is 1. The Balaban J connectivity index is 1.26. The Bertz CT molecular complexity index is 576. The second kappa shape index (κ2) is 9.37. The average molecular weight is 431 g/mol. The van der Waals surface area contributed by atoms with Crippen molar-refractivity contribution in [2.24, 2.45) is 23.7 Å². The van der Waals surface area contributed by atoms with Gasteiger partial charge in [0.1, 0.15) is 12.4 Å². The fraction of sp³-hybridized carbons (Fsp3) is 0.955. The first kappa shape index (κ1) is 21.8. The lowest BCUT2D eigenvalue weighted by atomic mass is 9.76. The number of likely N-dealkylation sites (tertiary alicyclic amines) is 1. The minimum atomic E-state index is -0.998. The normalized spacial score (nSPS) is 46.0. The molecule has 4 aliphatic rings. The van der Waals surface area contributed by atoms with Crippen molar-refractivity contribution in [2.75, 3.05) is 19.7 Å². The van der Waals surface area contributed by atoms with E-state index in [0.717, 1.165) is 45.2 Å².